The largest absolute Gasteiger partial charge is 0.349 e. The Morgan fingerprint density at radius 2 is 1.93 bits per heavy atom. The molecule has 0 spiro atoms. The van der Waals surface area contributed by atoms with Crippen molar-refractivity contribution in [2.75, 3.05) is 11.9 Å². The number of anilines is 1. The summed E-state index contributed by atoms with van der Waals surface area (Å²) < 4.78 is 0. The number of nitrogens with zero attached hydrogens (tertiary/aromatic N) is 1. The second-order valence-corrected chi connectivity index (χ2v) is 8.19. The van der Waals surface area contributed by atoms with Crippen LogP contribution in [-0.4, -0.2) is 41.2 Å². The lowest BCUT2D eigenvalue weighted by Gasteiger charge is -2.22. The van der Waals surface area contributed by atoms with Gasteiger partial charge in [0.1, 0.15) is 17.1 Å². The van der Waals surface area contributed by atoms with E-state index in [1.807, 2.05) is 6.07 Å². The first-order valence-corrected chi connectivity index (χ1v) is 10.1. The molecule has 3 N–H and O–H groups in total. The molecule has 1 unspecified atom stereocenters. The molecule has 1 saturated heterocycles. The monoisotopic (exact) mass is 412 g/mol. The maximum absolute atomic E-state index is 12.9. The number of benzene rings is 1. The molecule has 2 fully saturated rings. The topological polar surface area (TPSA) is 108 Å². The fraction of sp³-hybridized carbons (Fsp3) is 0.300. The third kappa shape index (κ3) is 3.73. The van der Waals surface area contributed by atoms with Crippen LogP contribution in [0.1, 0.15) is 35.7 Å². The molecule has 1 aliphatic carbocycles. The van der Waals surface area contributed by atoms with E-state index in [2.05, 4.69) is 16.0 Å². The number of carbonyl (C=O) groups is 4. The van der Waals surface area contributed by atoms with Crippen LogP contribution in [0.4, 0.5) is 9.80 Å². The normalized spacial score (nSPS) is 21.1. The van der Waals surface area contributed by atoms with Gasteiger partial charge in [-0.25, -0.2) is 4.79 Å². The number of hydrogen-bond donors (Lipinski definition) is 3. The molecule has 2 aromatic rings. The Kier molecular flexibility index (Phi) is 4.83. The quantitative estimate of drug-likeness (QED) is 0.631. The number of urea groups is 1. The fourth-order valence-electron chi connectivity index (χ4n) is 3.19. The molecule has 1 aromatic carbocycles. The van der Waals surface area contributed by atoms with Gasteiger partial charge >= 0.3 is 6.03 Å². The van der Waals surface area contributed by atoms with Crippen molar-refractivity contribution in [2.24, 2.45) is 0 Å². The summed E-state index contributed by atoms with van der Waals surface area (Å²) in [5, 5.41) is 10.3. The molecular formula is C20H20N4O4S. The third-order valence-electron chi connectivity index (χ3n) is 5.00. The van der Waals surface area contributed by atoms with Gasteiger partial charge in [0.15, 0.2) is 0 Å². The number of nitrogens with one attached hydrogen (secondary N) is 3. The van der Waals surface area contributed by atoms with Crippen molar-refractivity contribution in [1.82, 2.24) is 15.5 Å². The smallest absolute Gasteiger partial charge is 0.325 e. The van der Waals surface area contributed by atoms with E-state index in [9.17, 15) is 19.2 Å². The van der Waals surface area contributed by atoms with Crippen LogP contribution < -0.4 is 16.0 Å². The number of thiophene rings is 1. The molecule has 29 heavy (non-hydrogen) atoms. The van der Waals surface area contributed by atoms with Gasteiger partial charge in [-0.1, -0.05) is 30.3 Å². The molecule has 2 aliphatic rings. The minimum Gasteiger partial charge on any atom is -0.349 e. The summed E-state index contributed by atoms with van der Waals surface area (Å²) in [7, 11) is 0. The maximum Gasteiger partial charge on any atom is 0.325 e. The number of rotatable bonds is 6. The fourth-order valence-corrected chi connectivity index (χ4v) is 3.99. The van der Waals surface area contributed by atoms with E-state index in [1.54, 1.807) is 42.6 Å². The Hall–Kier alpha value is -3.20. The highest BCUT2D eigenvalue weighted by atomic mass is 32.1. The molecule has 1 atom stereocenters. The molecular weight excluding hydrogens is 392 g/mol. The van der Waals surface area contributed by atoms with Crippen LogP contribution in [0.3, 0.4) is 0 Å². The zero-order valence-electron chi connectivity index (χ0n) is 15.7. The van der Waals surface area contributed by atoms with Crippen molar-refractivity contribution in [3.63, 3.8) is 0 Å². The van der Waals surface area contributed by atoms with Gasteiger partial charge in [0.25, 0.3) is 11.8 Å². The first-order chi connectivity index (χ1) is 13.9. The van der Waals surface area contributed by atoms with Gasteiger partial charge in [-0.3, -0.25) is 19.3 Å². The van der Waals surface area contributed by atoms with Crippen LogP contribution >= 0.6 is 11.3 Å². The lowest BCUT2D eigenvalue weighted by atomic mass is 9.92. The van der Waals surface area contributed by atoms with Crippen LogP contribution in [0, 0.1) is 0 Å². The summed E-state index contributed by atoms with van der Waals surface area (Å²) in [6.07, 6.45) is 1.92. The molecule has 1 aromatic heterocycles. The van der Waals surface area contributed by atoms with Crippen molar-refractivity contribution in [3.8, 4) is 0 Å². The third-order valence-corrected chi connectivity index (χ3v) is 5.83. The molecule has 4 rings (SSSR count). The predicted molar refractivity (Wildman–Crippen MR) is 107 cm³/mol. The minimum absolute atomic E-state index is 0.201. The average molecular weight is 412 g/mol. The van der Waals surface area contributed by atoms with E-state index in [1.165, 1.54) is 11.3 Å². The molecule has 1 saturated carbocycles. The number of carbonyl (C=O) groups excluding carboxylic acids is 4. The van der Waals surface area contributed by atoms with Crippen LogP contribution in [0.2, 0.25) is 0 Å². The van der Waals surface area contributed by atoms with E-state index in [4.69, 9.17) is 0 Å². The van der Waals surface area contributed by atoms with Crippen molar-refractivity contribution >= 4 is 40.1 Å². The van der Waals surface area contributed by atoms with Crippen LogP contribution in [0.15, 0.2) is 41.8 Å². The summed E-state index contributed by atoms with van der Waals surface area (Å²) >= 11 is 1.21. The van der Waals surface area contributed by atoms with Crippen molar-refractivity contribution in [3.05, 3.63) is 52.9 Å². The summed E-state index contributed by atoms with van der Waals surface area (Å²) in [5.74, 6) is -1.29. The Morgan fingerprint density at radius 3 is 2.62 bits per heavy atom. The highest BCUT2D eigenvalue weighted by Gasteiger charge is 2.49. The highest BCUT2D eigenvalue weighted by Crippen LogP contribution is 2.29. The van der Waals surface area contributed by atoms with E-state index in [-0.39, 0.29) is 11.9 Å². The maximum atomic E-state index is 12.9. The summed E-state index contributed by atoms with van der Waals surface area (Å²) in [4.78, 5) is 50.9. The molecule has 0 radical (unpaired) electrons. The van der Waals surface area contributed by atoms with Crippen LogP contribution in [-0.2, 0) is 15.1 Å². The van der Waals surface area contributed by atoms with Crippen molar-refractivity contribution < 1.29 is 19.2 Å². The zero-order valence-corrected chi connectivity index (χ0v) is 16.5. The van der Waals surface area contributed by atoms with Gasteiger partial charge in [-0.15, -0.1) is 11.3 Å². The van der Waals surface area contributed by atoms with Gasteiger partial charge in [0.2, 0.25) is 5.91 Å². The second-order valence-electron chi connectivity index (χ2n) is 7.27. The Morgan fingerprint density at radius 1 is 1.21 bits per heavy atom. The van der Waals surface area contributed by atoms with E-state index < -0.39 is 29.9 Å². The molecule has 8 nitrogen and oxygen atoms in total. The summed E-state index contributed by atoms with van der Waals surface area (Å²) in [5.41, 5.74) is -0.211. The minimum atomic E-state index is -1.23. The van der Waals surface area contributed by atoms with Crippen molar-refractivity contribution in [1.29, 1.82) is 0 Å². The molecule has 9 heteroatoms. The Labute approximate surface area is 171 Å². The zero-order chi connectivity index (χ0) is 20.6. The van der Waals surface area contributed by atoms with Gasteiger partial charge in [-0.05, 0) is 36.8 Å². The Balaban J connectivity index is 1.44. The van der Waals surface area contributed by atoms with E-state index >= 15 is 0 Å². The highest BCUT2D eigenvalue weighted by molar-refractivity contribution is 7.14. The van der Waals surface area contributed by atoms with Gasteiger partial charge < -0.3 is 16.0 Å². The second kappa shape index (κ2) is 7.32. The number of imide groups is 1. The lowest BCUT2D eigenvalue weighted by molar-refractivity contribution is -0.133. The van der Waals surface area contributed by atoms with Crippen molar-refractivity contribution in [2.45, 2.75) is 31.3 Å². The Bertz CT molecular complexity index is 985. The molecule has 0 bridgehead atoms. The number of amides is 5. The van der Waals surface area contributed by atoms with Crippen LogP contribution in [0.25, 0.3) is 0 Å². The average Bonchev–Trinajstić information content (AvgIpc) is 3.35. The number of hydrogen-bond acceptors (Lipinski definition) is 5. The molecule has 1 aliphatic heterocycles. The van der Waals surface area contributed by atoms with Gasteiger partial charge in [0, 0.05) is 6.04 Å². The summed E-state index contributed by atoms with van der Waals surface area (Å²) in [6, 6.07) is 10.1. The molecule has 2 heterocycles. The summed E-state index contributed by atoms with van der Waals surface area (Å²) in [6.45, 7) is 1.18. The standard InChI is InChI=1S/C20H20N4O4S/c1-20(12-5-3-2-4-6-12)18(27)24(19(28)23-20)11-15(25)22-17-14(9-10-29-17)16(26)21-13-7-8-13/h2-6,9-10,13H,7-8,11H2,1H3,(H,21,26)(H,22,25)(H,23,28). The van der Waals surface area contributed by atoms with Gasteiger partial charge in [-0.2, -0.15) is 0 Å². The SMILES string of the molecule is CC1(c2ccccc2)NC(=O)N(CC(=O)Nc2sccc2C(=O)NC2CC2)C1=O. The molecule has 5 amide bonds. The lowest BCUT2D eigenvalue weighted by Crippen LogP contribution is -2.42. The van der Waals surface area contributed by atoms with E-state index in [0.717, 1.165) is 17.7 Å². The first kappa shape index (κ1) is 19.1. The molecule has 150 valence electrons. The first-order valence-electron chi connectivity index (χ1n) is 9.26. The van der Waals surface area contributed by atoms with Gasteiger partial charge in [0.05, 0.1) is 5.56 Å². The van der Waals surface area contributed by atoms with Crippen LogP contribution in [0.5, 0.6) is 0 Å². The van der Waals surface area contributed by atoms with E-state index in [0.29, 0.717) is 16.1 Å². The predicted octanol–water partition coefficient (Wildman–Crippen LogP) is 2.05.